The standard InChI is InChI=1S/C14H21N5O4/c1-13(22-3)6-17(7-13)11-10(19(20)21)5-15-12(16-11)18-8-14(2,9-18)23-4/h5H,6-9H2,1-4H3. The van der Waals surface area contributed by atoms with Crippen molar-refractivity contribution >= 4 is 17.5 Å². The van der Waals surface area contributed by atoms with E-state index in [1.54, 1.807) is 14.2 Å². The third-order valence-electron chi connectivity index (χ3n) is 4.60. The number of rotatable bonds is 5. The number of methoxy groups -OCH3 is 2. The molecular weight excluding hydrogens is 302 g/mol. The van der Waals surface area contributed by atoms with Crippen molar-refractivity contribution in [1.82, 2.24) is 9.97 Å². The van der Waals surface area contributed by atoms with Crippen LogP contribution in [-0.4, -0.2) is 66.5 Å². The largest absolute Gasteiger partial charge is 0.375 e. The number of nitrogens with zero attached hydrogens (tertiary/aromatic N) is 5. The van der Waals surface area contributed by atoms with Crippen LogP contribution in [0, 0.1) is 10.1 Å². The van der Waals surface area contributed by atoms with Crippen molar-refractivity contribution in [2.75, 3.05) is 50.2 Å². The topological polar surface area (TPSA) is 93.9 Å². The maximum Gasteiger partial charge on any atom is 0.329 e. The van der Waals surface area contributed by atoms with Crippen LogP contribution >= 0.6 is 0 Å². The fraction of sp³-hybridized carbons (Fsp3) is 0.714. The molecule has 3 heterocycles. The zero-order chi connectivity index (χ0) is 16.8. The van der Waals surface area contributed by atoms with Gasteiger partial charge in [-0.2, -0.15) is 4.98 Å². The first-order valence-corrected chi connectivity index (χ1v) is 7.41. The normalized spacial score (nSPS) is 21.6. The molecule has 0 amide bonds. The van der Waals surface area contributed by atoms with Gasteiger partial charge in [-0.3, -0.25) is 10.1 Å². The predicted molar refractivity (Wildman–Crippen MR) is 83.9 cm³/mol. The highest BCUT2D eigenvalue weighted by Gasteiger charge is 2.44. The van der Waals surface area contributed by atoms with Crippen molar-refractivity contribution in [1.29, 1.82) is 0 Å². The molecule has 0 unspecified atom stereocenters. The van der Waals surface area contributed by atoms with Crippen molar-refractivity contribution in [2.24, 2.45) is 0 Å². The molecule has 0 atom stereocenters. The number of nitro groups is 1. The number of anilines is 2. The SMILES string of the molecule is COC1(C)CN(c2ncc([N+](=O)[O-])c(N3CC(C)(OC)C3)n2)C1. The van der Waals surface area contributed by atoms with Gasteiger partial charge in [-0.1, -0.05) is 0 Å². The second kappa shape index (κ2) is 5.27. The van der Waals surface area contributed by atoms with E-state index in [1.807, 2.05) is 23.6 Å². The van der Waals surface area contributed by atoms with E-state index in [0.29, 0.717) is 37.9 Å². The molecule has 1 aromatic rings. The molecule has 1 aromatic heterocycles. The van der Waals surface area contributed by atoms with Crippen LogP contribution in [0.3, 0.4) is 0 Å². The molecule has 3 rings (SSSR count). The van der Waals surface area contributed by atoms with Gasteiger partial charge in [0.2, 0.25) is 11.8 Å². The molecule has 0 N–H and O–H groups in total. The number of hydrogen-bond donors (Lipinski definition) is 0. The van der Waals surface area contributed by atoms with E-state index in [0.717, 1.165) is 0 Å². The van der Waals surface area contributed by atoms with Crippen LogP contribution in [0.4, 0.5) is 17.5 Å². The van der Waals surface area contributed by atoms with Gasteiger partial charge < -0.3 is 19.3 Å². The third-order valence-corrected chi connectivity index (χ3v) is 4.60. The van der Waals surface area contributed by atoms with Gasteiger partial charge in [-0.25, -0.2) is 4.98 Å². The van der Waals surface area contributed by atoms with E-state index in [-0.39, 0.29) is 16.9 Å². The Kier molecular flexibility index (Phi) is 3.64. The zero-order valence-corrected chi connectivity index (χ0v) is 13.8. The van der Waals surface area contributed by atoms with Gasteiger partial charge in [-0.05, 0) is 13.8 Å². The van der Waals surface area contributed by atoms with Gasteiger partial charge in [-0.15, -0.1) is 0 Å². The molecule has 0 saturated carbocycles. The van der Waals surface area contributed by atoms with Crippen LogP contribution in [0.15, 0.2) is 6.20 Å². The summed E-state index contributed by atoms with van der Waals surface area (Å²) in [4.78, 5) is 23.2. The molecule has 2 aliphatic heterocycles. The van der Waals surface area contributed by atoms with E-state index in [2.05, 4.69) is 9.97 Å². The van der Waals surface area contributed by atoms with Crippen molar-refractivity contribution in [2.45, 2.75) is 25.0 Å². The molecule has 23 heavy (non-hydrogen) atoms. The van der Waals surface area contributed by atoms with Crippen molar-refractivity contribution in [3.63, 3.8) is 0 Å². The molecule has 0 spiro atoms. The second-order valence-corrected chi connectivity index (χ2v) is 6.66. The average Bonchev–Trinajstić information content (AvgIpc) is 2.48. The average molecular weight is 323 g/mol. The van der Waals surface area contributed by atoms with Crippen LogP contribution in [0.2, 0.25) is 0 Å². The molecular formula is C14H21N5O4. The Balaban J connectivity index is 1.83. The Morgan fingerprint density at radius 1 is 1.13 bits per heavy atom. The molecule has 9 nitrogen and oxygen atoms in total. The number of aromatic nitrogens is 2. The molecule has 9 heteroatoms. The molecule has 0 bridgehead atoms. The Labute approximate surface area is 134 Å². The first kappa shape index (κ1) is 15.9. The highest BCUT2D eigenvalue weighted by Crippen LogP contribution is 2.36. The van der Waals surface area contributed by atoms with Crippen molar-refractivity contribution in [3.05, 3.63) is 16.3 Å². The molecule has 126 valence electrons. The van der Waals surface area contributed by atoms with Gasteiger partial charge in [0.1, 0.15) is 11.8 Å². The van der Waals surface area contributed by atoms with Crippen LogP contribution in [0.5, 0.6) is 0 Å². The number of hydrogen-bond acceptors (Lipinski definition) is 8. The minimum atomic E-state index is -0.447. The first-order valence-electron chi connectivity index (χ1n) is 7.41. The molecule has 2 fully saturated rings. The predicted octanol–water partition coefficient (Wildman–Crippen LogP) is 0.835. The summed E-state index contributed by atoms with van der Waals surface area (Å²) in [5.41, 5.74) is -0.581. The summed E-state index contributed by atoms with van der Waals surface area (Å²) in [6.07, 6.45) is 1.28. The van der Waals surface area contributed by atoms with Gasteiger partial charge >= 0.3 is 5.69 Å². The van der Waals surface area contributed by atoms with Gasteiger partial charge in [0.15, 0.2) is 0 Å². The highest BCUT2D eigenvalue weighted by molar-refractivity contribution is 5.62. The second-order valence-electron chi connectivity index (χ2n) is 6.66. The zero-order valence-electron chi connectivity index (χ0n) is 13.8. The Hall–Kier alpha value is -2.00. The first-order chi connectivity index (χ1) is 10.8. The summed E-state index contributed by atoms with van der Waals surface area (Å²) >= 11 is 0. The van der Waals surface area contributed by atoms with E-state index in [1.165, 1.54) is 6.20 Å². The minimum Gasteiger partial charge on any atom is -0.375 e. The third kappa shape index (κ3) is 2.70. The number of ether oxygens (including phenoxy) is 2. The lowest BCUT2D eigenvalue weighted by atomic mass is 9.96. The van der Waals surface area contributed by atoms with Crippen molar-refractivity contribution < 1.29 is 14.4 Å². The van der Waals surface area contributed by atoms with E-state index < -0.39 is 4.92 Å². The van der Waals surface area contributed by atoms with Crippen LogP contribution < -0.4 is 9.80 Å². The minimum absolute atomic E-state index is 0.0815. The molecule has 0 aliphatic carbocycles. The lowest BCUT2D eigenvalue weighted by Gasteiger charge is -2.48. The van der Waals surface area contributed by atoms with Crippen LogP contribution in [0.1, 0.15) is 13.8 Å². The summed E-state index contributed by atoms with van der Waals surface area (Å²) in [5, 5.41) is 11.2. The fourth-order valence-corrected chi connectivity index (χ4v) is 2.94. The molecule has 2 saturated heterocycles. The Morgan fingerprint density at radius 2 is 1.65 bits per heavy atom. The van der Waals surface area contributed by atoms with Gasteiger partial charge in [0.25, 0.3) is 0 Å². The maximum atomic E-state index is 11.2. The summed E-state index contributed by atoms with van der Waals surface area (Å²) < 4.78 is 10.8. The van der Waals surface area contributed by atoms with E-state index in [4.69, 9.17) is 9.47 Å². The smallest absolute Gasteiger partial charge is 0.329 e. The summed E-state index contributed by atoms with van der Waals surface area (Å²) in [6, 6.07) is 0. The van der Waals surface area contributed by atoms with Crippen LogP contribution in [-0.2, 0) is 9.47 Å². The summed E-state index contributed by atoms with van der Waals surface area (Å²) in [6.45, 7) is 6.44. The lowest BCUT2D eigenvalue weighted by Crippen LogP contribution is -2.62. The Morgan fingerprint density at radius 3 is 2.13 bits per heavy atom. The van der Waals surface area contributed by atoms with Gasteiger partial charge in [0, 0.05) is 14.2 Å². The maximum absolute atomic E-state index is 11.2. The highest BCUT2D eigenvalue weighted by atomic mass is 16.6. The molecule has 2 aliphatic rings. The summed E-state index contributed by atoms with van der Waals surface area (Å²) in [5.74, 6) is 0.840. The monoisotopic (exact) mass is 323 g/mol. The lowest BCUT2D eigenvalue weighted by molar-refractivity contribution is -0.384. The summed E-state index contributed by atoms with van der Waals surface area (Å²) in [7, 11) is 3.31. The molecule has 0 aromatic carbocycles. The fourth-order valence-electron chi connectivity index (χ4n) is 2.94. The quantitative estimate of drug-likeness (QED) is 0.581. The van der Waals surface area contributed by atoms with Crippen LogP contribution in [0.25, 0.3) is 0 Å². The van der Waals surface area contributed by atoms with E-state index in [9.17, 15) is 10.1 Å². The Bertz CT molecular complexity index is 626. The molecule has 0 radical (unpaired) electrons. The van der Waals surface area contributed by atoms with Gasteiger partial charge in [0.05, 0.1) is 36.7 Å². The van der Waals surface area contributed by atoms with Crippen molar-refractivity contribution in [3.8, 4) is 0 Å². The van der Waals surface area contributed by atoms with E-state index >= 15 is 0 Å².